The van der Waals surface area contributed by atoms with E-state index >= 15 is 0 Å². The van der Waals surface area contributed by atoms with Crippen LogP contribution in [0.25, 0.3) is 0 Å². The Labute approximate surface area is 120 Å². The summed E-state index contributed by atoms with van der Waals surface area (Å²) in [7, 11) is 4.65. The minimum atomic E-state index is -2.19. The first-order valence-electron chi connectivity index (χ1n) is 5.78. The van der Waals surface area contributed by atoms with Crippen molar-refractivity contribution < 1.29 is 28.8 Å². The van der Waals surface area contributed by atoms with Gasteiger partial charge in [0, 0.05) is 14.1 Å². The Kier molecular flexibility index (Phi) is 4.51. The van der Waals surface area contributed by atoms with E-state index in [1.54, 1.807) is 0 Å². The Morgan fingerprint density at radius 2 is 1.62 bits per heavy atom. The molecular weight excluding hydrogens is 284 g/mol. The number of nitrogens with one attached hydrogen (secondary N) is 1. The van der Waals surface area contributed by atoms with Gasteiger partial charge >= 0.3 is 12.1 Å². The number of barbiturate groups is 1. The Bertz CT molecular complexity index is 505. The second-order valence-electron chi connectivity index (χ2n) is 4.24. The van der Waals surface area contributed by atoms with Gasteiger partial charge in [-0.2, -0.15) is 0 Å². The fourth-order valence-corrected chi connectivity index (χ4v) is 1.91. The molecule has 1 heterocycles. The molecule has 0 aromatic rings. The van der Waals surface area contributed by atoms with E-state index in [0.717, 1.165) is 7.11 Å². The summed E-state index contributed by atoms with van der Waals surface area (Å²) in [6, 6.07) is -0.822. The number of urea groups is 1. The van der Waals surface area contributed by atoms with Crippen LogP contribution in [0.4, 0.5) is 9.59 Å². The summed E-state index contributed by atoms with van der Waals surface area (Å²) in [4.78, 5) is 54.1. The highest BCUT2D eigenvalue weighted by Crippen LogP contribution is 2.22. The third-order valence-electron chi connectivity index (χ3n) is 3.07. The molecule has 1 N–H and O–H groups in total. The SMILES string of the molecule is CON=C(C)C1(NC(=O)OC)C(=O)N(C)C(=O)N(C)C1=O. The number of amides is 5. The number of oxime groups is 1. The number of likely N-dealkylation sites (N-methyl/N-ethyl adjacent to an activating group) is 2. The molecule has 0 aliphatic carbocycles. The van der Waals surface area contributed by atoms with Crippen molar-refractivity contribution in [3.05, 3.63) is 0 Å². The number of hydrogen-bond acceptors (Lipinski definition) is 7. The van der Waals surface area contributed by atoms with Crippen LogP contribution in [-0.4, -0.2) is 73.3 Å². The van der Waals surface area contributed by atoms with Crippen molar-refractivity contribution in [2.75, 3.05) is 28.3 Å². The molecule has 0 saturated carbocycles. The first-order valence-corrected chi connectivity index (χ1v) is 5.78. The van der Waals surface area contributed by atoms with Crippen molar-refractivity contribution >= 4 is 29.7 Å². The molecule has 1 rings (SSSR count). The fourth-order valence-electron chi connectivity index (χ4n) is 1.91. The maximum absolute atomic E-state index is 12.4. The molecule has 0 radical (unpaired) electrons. The highest BCUT2D eigenvalue weighted by Gasteiger charge is 2.59. The van der Waals surface area contributed by atoms with Gasteiger partial charge < -0.3 is 9.57 Å². The Morgan fingerprint density at radius 1 is 1.14 bits per heavy atom. The van der Waals surface area contributed by atoms with E-state index in [9.17, 15) is 19.2 Å². The normalized spacial score (nSPS) is 18.7. The van der Waals surface area contributed by atoms with Crippen LogP contribution >= 0.6 is 0 Å². The van der Waals surface area contributed by atoms with Crippen molar-refractivity contribution in [2.45, 2.75) is 12.5 Å². The van der Waals surface area contributed by atoms with Crippen LogP contribution in [0.2, 0.25) is 0 Å². The lowest BCUT2D eigenvalue weighted by atomic mass is 9.88. The average Bonchev–Trinajstić information content (AvgIpc) is 2.47. The molecule has 1 aliphatic rings. The van der Waals surface area contributed by atoms with Gasteiger partial charge in [-0.15, -0.1) is 0 Å². The molecule has 5 amide bonds. The summed E-state index contributed by atoms with van der Waals surface area (Å²) in [6.45, 7) is 1.31. The standard InChI is InChI=1S/C11H16N4O6/c1-6(13-21-5)11(12-9(18)20-4)7(16)14(2)10(19)15(3)8(11)17/h1-5H3,(H,12,18). The zero-order chi connectivity index (χ0) is 16.4. The van der Waals surface area contributed by atoms with Gasteiger partial charge in [0.15, 0.2) is 0 Å². The molecule has 0 spiro atoms. The first-order chi connectivity index (χ1) is 9.73. The predicted octanol–water partition coefficient (Wildman–Crippen LogP) is -0.846. The van der Waals surface area contributed by atoms with Crippen LogP contribution < -0.4 is 5.32 Å². The van der Waals surface area contributed by atoms with Crippen LogP contribution in [0.1, 0.15) is 6.92 Å². The lowest BCUT2D eigenvalue weighted by Crippen LogP contribution is -2.76. The maximum Gasteiger partial charge on any atom is 0.408 e. The molecule has 1 fully saturated rings. The number of carbonyl (C=O) groups excluding carboxylic acids is 4. The van der Waals surface area contributed by atoms with Crippen LogP contribution in [0.3, 0.4) is 0 Å². The van der Waals surface area contributed by atoms with Crippen LogP contribution in [0.5, 0.6) is 0 Å². The van der Waals surface area contributed by atoms with Gasteiger partial charge in [0.1, 0.15) is 7.11 Å². The predicted molar refractivity (Wildman–Crippen MR) is 69.3 cm³/mol. The number of carbonyl (C=O) groups is 4. The monoisotopic (exact) mass is 300 g/mol. The topological polar surface area (TPSA) is 118 Å². The number of nitrogens with zero attached hydrogens (tertiary/aromatic N) is 3. The summed E-state index contributed by atoms with van der Waals surface area (Å²) in [5, 5.41) is 5.68. The molecule has 0 unspecified atom stereocenters. The van der Waals surface area contributed by atoms with Crippen molar-refractivity contribution in [1.29, 1.82) is 0 Å². The molecule has 10 heteroatoms. The summed E-state index contributed by atoms with van der Waals surface area (Å²) in [5.74, 6) is -1.92. The van der Waals surface area contributed by atoms with E-state index in [2.05, 4.69) is 20.0 Å². The van der Waals surface area contributed by atoms with E-state index in [1.165, 1.54) is 28.1 Å². The van der Waals surface area contributed by atoms with Crippen molar-refractivity contribution in [1.82, 2.24) is 15.1 Å². The third kappa shape index (κ3) is 2.39. The molecule has 0 aromatic heterocycles. The number of hydrogen-bond donors (Lipinski definition) is 1. The lowest BCUT2D eigenvalue weighted by Gasteiger charge is -2.40. The average molecular weight is 300 g/mol. The molecule has 0 aromatic carbocycles. The van der Waals surface area contributed by atoms with Crippen molar-refractivity contribution in [2.24, 2.45) is 5.16 Å². The smallest absolute Gasteiger partial charge is 0.408 e. The van der Waals surface area contributed by atoms with Gasteiger partial charge in [-0.1, -0.05) is 5.16 Å². The van der Waals surface area contributed by atoms with Crippen LogP contribution in [0, 0.1) is 0 Å². The zero-order valence-corrected chi connectivity index (χ0v) is 12.3. The number of rotatable bonds is 3. The molecule has 0 bridgehead atoms. The molecule has 1 saturated heterocycles. The highest BCUT2D eigenvalue weighted by atomic mass is 16.6. The van der Waals surface area contributed by atoms with Gasteiger partial charge in [-0.05, 0) is 6.92 Å². The molecule has 10 nitrogen and oxygen atoms in total. The van der Waals surface area contributed by atoms with Crippen LogP contribution in [-0.2, 0) is 19.2 Å². The van der Waals surface area contributed by atoms with Gasteiger partial charge in [0.25, 0.3) is 11.8 Å². The van der Waals surface area contributed by atoms with E-state index in [-0.39, 0.29) is 5.71 Å². The van der Waals surface area contributed by atoms with E-state index < -0.39 is 29.5 Å². The molecule has 0 atom stereocenters. The summed E-state index contributed by atoms with van der Waals surface area (Å²) < 4.78 is 4.43. The van der Waals surface area contributed by atoms with Crippen LogP contribution in [0.15, 0.2) is 5.16 Å². The quantitative estimate of drug-likeness (QED) is 0.412. The van der Waals surface area contributed by atoms with E-state index in [0.29, 0.717) is 9.80 Å². The maximum atomic E-state index is 12.4. The number of imide groups is 2. The second-order valence-corrected chi connectivity index (χ2v) is 4.24. The fraction of sp³-hybridized carbons (Fsp3) is 0.545. The largest absolute Gasteiger partial charge is 0.453 e. The number of ether oxygens (including phenoxy) is 1. The summed E-state index contributed by atoms with van der Waals surface area (Å²) in [5.41, 5.74) is -2.34. The first kappa shape index (κ1) is 16.4. The Morgan fingerprint density at radius 3 is 2.00 bits per heavy atom. The Balaban J connectivity index is 3.49. The lowest BCUT2D eigenvalue weighted by molar-refractivity contribution is -0.147. The summed E-state index contributed by atoms with van der Waals surface area (Å²) >= 11 is 0. The highest BCUT2D eigenvalue weighted by molar-refractivity contribution is 6.36. The molecular formula is C11H16N4O6. The van der Waals surface area contributed by atoms with Gasteiger partial charge in [-0.25, -0.2) is 9.59 Å². The summed E-state index contributed by atoms with van der Waals surface area (Å²) in [6.07, 6.45) is -1.03. The third-order valence-corrected chi connectivity index (χ3v) is 3.07. The molecule has 21 heavy (non-hydrogen) atoms. The van der Waals surface area contributed by atoms with Crippen molar-refractivity contribution in [3.8, 4) is 0 Å². The number of methoxy groups -OCH3 is 1. The molecule has 116 valence electrons. The Hall–Kier alpha value is -2.65. The van der Waals surface area contributed by atoms with Crippen molar-refractivity contribution in [3.63, 3.8) is 0 Å². The van der Waals surface area contributed by atoms with Gasteiger partial charge in [-0.3, -0.25) is 24.7 Å². The van der Waals surface area contributed by atoms with Gasteiger partial charge in [0.2, 0.25) is 5.54 Å². The van der Waals surface area contributed by atoms with E-state index in [1.807, 2.05) is 0 Å². The van der Waals surface area contributed by atoms with Gasteiger partial charge in [0.05, 0.1) is 12.8 Å². The minimum Gasteiger partial charge on any atom is -0.453 e. The zero-order valence-electron chi connectivity index (χ0n) is 12.3. The number of alkyl carbamates (subject to hydrolysis) is 1. The minimum absolute atomic E-state index is 0.142. The second kappa shape index (κ2) is 5.77. The van der Waals surface area contributed by atoms with E-state index in [4.69, 9.17) is 0 Å². The molecule has 1 aliphatic heterocycles.